The van der Waals surface area contributed by atoms with E-state index < -0.39 is 5.97 Å². The Morgan fingerprint density at radius 1 is 1.30 bits per heavy atom. The van der Waals surface area contributed by atoms with Crippen LogP contribution in [0.15, 0.2) is 36.4 Å². The van der Waals surface area contributed by atoms with Gasteiger partial charge in [-0.2, -0.15) is 4.98 Å². The molecule has 30 heavy (non-hydrogen) atoms. The summed E-state index contributed by atoms with van der Waals surface area (Å²) in [5.41, 5.74) is 2.74. The maximum Gasteiger partial charge on any atom is 0.328 e. The molecule has 1 saturated heterocycles. The molecule has 0 saturated carbocycles. The molecule has 7 nitrogen and oxygen atoms in total. The zero-order valence-corrected chi connectivity index (χ0v) is 18.0. The minimum atomic E-state index is -0.958. The molecule has 1 N–H and O–H groups in total. The number of ether oxygens (including phenoxy) is 1. The minimum Gasteiger partial charge on any atom is -0.478 e. The summed E-state index contributed by atoms with van der Waals surface area (Å²) in [4.78, 5) is 25.0. The summed E-state index contributed by atoms with van der Waals surface area (Å²) in [7, 11) is 2.02. The average molecular weight is 445 g/mol. The SMILES string of the molecule is CN(Cc1cc2nc(Cl)nc(N3CCOCC3)c2s1)c1ccc(/C=C/C(=O)O)cc1. The number of aromatic nitrogens is 2. The number of fused-ring (bicyclic) bond motifs is 1. The molecule has 0 bridgehead atoms. The first kappa shape index (κ1) is 20.6. The zero-order valence-electron chi connectivity index (χ0n) is 16.4. The molecule has 1 aliphatic rings. The Hall–Kier alpha value is -2.68. The molecular weight excluding hydrogens is 424 g/mol. The normalized spacial score (nSPS) is 14.5. The number of morpholine rings is 1. The molecule has 1 fully saturated rings. The van der Waals surface area contributed by atoms with E-state index in [2.05, 4.69) is 25.8 Å². The van der Waals surface area contributed by atoms with Gasteiger partial charge in [0, 0.05) is 36.8 Å². The van der Waals surface area contributed by atoms with Gasteiger partial charge in [0.1, 0.15) is 0 Å². The summed E-state index contributed by atoms with van der Waals surface area (Å²) in [6.45, 7) is 3.66. The summed E-state index contributed by atoms with van der Waals surface area (Å²) in [5.74, 6) is -0.0811. The lowest BCUT2D eigenvalue weighted by Gasteiger charge is -2.28. The number of anilines is 2. The molecule has 9 heteroatoms. The Morgan fingerprint density at radius 2 is 2.03 bits per heavy atom. The molecule has 4 rings (SSSR count). The fourth-order valence-corrected chi connectivity index (χ4v) is 4.67. The summed E-state index contributed by atoms with van der Waals surface area (Å²) in [5, 5.41) is 9.00. The number of nitrogens with zero attached hydrogens (tertiary/aromatic N) is 4. The second-order valence-corrected chi connectivity index (χ2v) is 8.44. The zero-order chi connectivity index (χ0) is 21.1. The van der Waals surface area contributed by atoms with E-state index >= 15 is 0 Å². The van der Waals surface area contributed by atoms with Gasteiger partial charge in [-0.3, -0.25) is 0 Å². The predicted molar refractivity (Wildman–Crippen MR) is 121 cm³/mol. The molecule has 0 spiro atoms. The molecule has 3 aromatic rings. The number of aliphatic carboxylic acids is 1. The van der Waals surface area contributed by atoms with E-state index in [-0.39, 0.29) is 5.28 Å². The maximum absolute atomic E-state index is 10.6. The van der Waals surface area contributed by atoms with Gasteiger partial charge in [-0.05, 0) is 41.4 Å². The van der Waals surface area contributed by atoms with E-state index in [1.165, 1.54) is 0 Å². The first-order chi connectivity index (χ1) is 14.5. The molecule has 0 radical (unpaired) electrons. The van der Waals surface area contributed by atoms with Crippen LogP contribution in [0.1, 0.15) is 10.4 Å². The van der Waals surface area contributed by atoms with Crippen molar-refractivity contribution in [1.82, 2.24) is 9.97 Å². The van der Waals surface area contributed by atoms with Crippen LogP contribution < -0.4 is 9.80 Å². The van der Waals surface area contributed by atoms with Gasteiger partial charge in [-0.15, -0.1) is 11.3 Å². The fraction of sp³-hybridized carbons (Fsp3) is 0.286. The van der Waals surface area contributed by atoms with Gasteiger partial charge >= 0.3 is 5.97 Å². The van der Waals surface area contributed by atoms with Gasteiger partial charge in [-0.25, -0.2) is 9.78 Å². The van der Waals surface area contributed by atoms with Gasteiger partial charge in [0.15, 0.2) is 5.82 Å². The summed E-state index contributed by atoms with van der Waals surface area (Å²) in [6, 6.07) is 9.82. The number of carboxylic acids is 1. The number of hydrogen-bond donors (Lipinski definition) is 1. The first-order valence-corrected chi connectivity index (χ1v) is 10.7. The van der Waals surface area contributed by atoms with Crippen molar-refractivity contribution in [3.8, 4) is 0 Å². The minimum absolute atomic E-state index is 0.256. The van der Waals surface area contributed by atoms with Gasteiger partial charge < -0.3 is 19.6 Å². The Kier molecular flexibility index (Phi) is 6.17. The monoisotopic (exact) mass is 444 g/mol. The Morgan fingerprint density at radius 3 is 2.73 bits per heavy atom. The fourth-order valence-electron chi connectivity index (χ4n) is 3.34. The second-order valence-electron chi connectivity index (χ2n) is 6.96. The van der Waals surface area contributed by atoms with E-state index in [0.717, 1.165) is 51.3 Å². The highest BCUT2D eigenvalue weighted by atomic mass is 35.5. The van der Waals surface area contributed by atoms with Gasteiger partial charge in [0.2, 0.25) is 5.28 Å². The maximum atomic E-state index is 10.6. The van der Waals surface area contributed by atoms with Crippen molar-refractivity contribution in [2.45, 2.75) is 6.54 Å². The molecule has 1 aromatic carbocycles. The van der Waals surface area contributed by atoms with Crippen molar-refractivity contribution in [3.05, 3.63) is 52.1 Å². The van der Waals surface area contributed by atoms with Crippen molar-refractivity contribution in [3.63, 3.8) is 0 Å². The van der Waals surface area contributed by atoms with Crippen molar-refractivity contribution < 1.29 is 14.6 Å². The number of thiophene rings is 1. The summed E-state index contributed by atoms with van der Waals surface area (Å²) >= 11 is 7.87. The van der Waals surface area contributed by atoms with Crippen LogP contribution >= 0.6 is 22.9 Å². The van der Waals surface area contributed by atoms with Crippen LogP contribution in [0.25, 0.3) is 16.3 Å². The molecule has 156 valence electrons. The van der Waals surface area contributed by atoms with E-state index in [4.69, 9.17) is 21.4 Å². The van der Waals surface area contributed by atoms with Crippen LogP contribution in [0.4, 0.5) is 11.5 Å². The molecule has 0 aliphatic carbocycles. The highest BCUT2D eigenvalue weighted by Crippen LogP contribution is 2.34. The van der Waals surface area contributed by atoms with E-state index in [0.29, 0.717) is 19.8 Å². The van der Waals surface area contributed by atoms with E-state index in [9.17, 15) is 4.79 Å². The van der Waals surface area contributed by atoms with Crippen LogP contribution in [0, 0.1) is 0 Å². The molecule has 0 amide bonds. The molecular formula is C21H21ClN4O3S. The number of hydrogen-bond acceptors (Lipinski definition) is 7. The third kappa shape index (κ3) is 4.72. The summed E-state index contributed by atoms with van der Waals surface area (Å²) in [6.07, 6.45) is 2.71. The quantitative estimate of drug-likeness (QED) is 0.456. The number of carbonyl (C=O) groups is 1. The highest BCUT2D eigenvalue weighted by molar-refractivity contribution is 7.19. The van der Waals surface area contributed by atoms with Crippen molar-refractivity contribution in [1.29, 1.82) is 0 Å². The predicted octanol–water partition coefficient (Wildman–Crippen LogP) is 3.92. The standard InChI is InChI=1S/C21H21ClN4O3S/c1-25(15-5-2-14(3-6-15)4-7-18(27)28)13-16-12-17-19(30-16)20(24-21(22)23-17)26-8-10-29-11-9-26/h2-7,12H,8-11,13H2,1H3,(H,27,28)/b7-4+. The molecule has 2 aromatic heterocycles. The first-order valence-electron chi connectivity index (χ1n) is 9.50. The number of benzene rings is 1. The molecule has 0 atom stereocenters. The lowest BCUT2D eigenvalue weighted by atomic mass is 10.2. The van der Waals surface area contributed by atoms with Gasteiger partial charge in [0.05, 0.1) is 30.0 Å². The third-order valence-electron chi connectivity index (χ3n) is 4.83. The van der Waals surface area contributed by atoms with Crippen LogP contribution in [0.2, 0.25) is 5.28 Å². The Bertz CT molecular complexity index is 1080. The average Bonchev–Trinajstić information content (AvgIpc) is 3.14. The van der Waals surface area contributed by atoms with E-state index in [1.807, 2.05) is 31.3 Å². The second kappa shape index (κ2) is 8.99. The van der Waals surface area contributed by atoms with E-state index in [1.54, 1.807) is 17.4 Å². The topological polar surface area (TPSA) is 78.8 Å². The smallest absolute Gasteiger partial charge is 0.328 e. The Balaban J connectivity index is 1.54. The lowest BCUT2D eigenvalue weighted by molar-refractivity contribution is -0.131. The number of carboxylic acid groups (broad SMARTS) is 1. The Labute approximate surface area is 183 Å². The largest absolute Gasteiger partial charge is 0.478 e. The molecule has 0 unspecified atom stereocenters. The lowest BCUT2D eigenvalue weighted by Crippen LogP contribution is -2.36. The van der Waals surface area contributed by atoms with Crippen LogP contribution in [0.5, 0.6) is 0 Å². The van der Waals surface area contributed by atoms with Gasteiger partial charge in [-0.1, -0.05) is 12.1 Å². The van der Waals surface area contributed by atoms with Crippen LogP contribution in [0.3, 0.4) is 0 Å². The highest BCUT2D eigenvalue weighted by Gasteiger charge is 2.19. The molecule has 1 aliphatic heterocycles. The number of halogens is 1. The van der Waals surface area contributed by atoms with Crippen molar-refractivity contribution >= 4 is 56.7 Å². The summed E-state index contributed by atoms with van der Waals surface area (Å²) < 4.78 is 6.49. The van der Waals surface area contributed by atoms with Crippen molar-refractivity contribution in [2.75, 3.05) is 43.2 Å². The molecule has 3 heterocycles. The number of rotatable bonds is 6. The van der Waals surface area contributed by atoms with Crippen LogP contribution in [-0.2, 0) is 16.1 Å². The van der Waals surface area contributed by atoms with Gasteiger partial charge in [0.25, 0.3) is 0 Å². The third-order valence-corrected chi connectivity index (χ3v) is 6.11. The van der Waals surface area contributed by atoms with Crippen molar-refractivity contribution in [2.24, 2.45) is 0 Å². The van der Waals surface area contributed by atoms with Crippen LogP contribution in [-0.4, -0.2) is 54.4 Å².